The van der Waals surface area contributed by atoms with Crippen molar-refractivity contribution in [1.82, 2.24) is 4.98 Å². The number of H-pyrrole nitrogens is 1. The normalized spacial score (nSPS) is 10.7. The molecule has 3 aromatic carbocycles. The third-order valence-electron chi connectivity index (χ3n) is 3.84. The Morgan fingerprint density at radius 1 is 0.957 bits per heavy atom. The summed E-state index contributed by atoms with van der Waals surface area (Å²) in [6.07, 6.45) is 0. The number of phenols is 1. The highest BCUT2D eigenvalue weighted by atomic mass is 16.4. The lowest BCUT2D eigenvalue weighted by Gasteiger charge is -2.04. The second kappa shape index (κ2) is 5.65. The zero-order valence-electron chi connectivity index (χ0n) is 12.9. The van der Waals surface area contributed by atoms with E-state index >= 15 is 0 Å². The summed E-state index contributed by atoms with van der Waals surface area (Å²) in [6, 6.07) is 14.8. The number of aromatic carboxylic acids is 1. The summed E-state index contributed by atoms with van der Waals surface area (Å²) < 4.78 is 0. The predicted molar refractivity (Wildman–Crippen MR) is 93.3 cm³/mol. The lowest BCUT2D eigenvalue weighted by atomic mass is 10.0. The molecule has 0 aliphatic heterocycles. The second-order valence-corrected chi connectivity index (χ2v) is 5.05. The van der Waals surface area contributed by atoms with Gasteiger partial charge in [0.05, 0.1) is 5.52 Å². The molecule has 1 heterocycles. The highest BCUT2D eigenvalue weighted by molar-refractivity contribution is 6.17. The first kappa shape index (κ1) is 14.9. The van der Waals surface area contributed by atoms with E-state index in [-0.39, 0.29) is 11.3 Å². The molecule has 116 valence electrons. The summed E-state index contributed by atoms with van der Waals surface area (Å²) in [5, 5.41) is 22.8. The minimum Gasteiger partial charge on any atom is -0.507 e. The number of aromatic amines is 1. The SMILES string of the molecule is CC.O=C(O)c1cc2ccc3c4ccccc4[nH]c3c2cc1O. The Hall–Kier alpha value is -3.01. The standard InChI is InChI=1S/C17H11NO3.C2H6/c19-15-8-12-9(7-13(15)17(20)21)5-6-11-10-3-1-2-4-14(10)18-16(11)12;1-2/h1-8,18-19H,(H,20,21);1-2H3. The van der Waals surface area contributed by atoms with E-state index in [1.165, 1.54) is 12.1 Å². The minimum atomic E-state index is -1.13. The van der Waals surface area contributed by atoms with Crippen molar-refractivity contribution in [2.24, 2.45) is 0 Å². The summed E-state index contributed by atoms with van der Waals surface area (Å²) >= 11 is 0. The van der Waals surface area contributed by atoms with Crippen LogP contribution in [0.25, 0.3) is 32.6 Å². The first-order chi connectivity index (χ1) is 11.1. The van der Waals surface area contributed by atoms with E-state index in [0.29, 0.717) is 0 Å². The van der Waals surface area contributed by atoms with Gasteiger partial charge in [-0.1, -0.05) is 44.2 Å². The van der Waals surface area contributed by atoms with E-state index in [1.807, 2.05) is 50.2 Å². The zero-order valence-corrected chi connectivity index (χ0v) is 12.9. The van der Waals surface area contributed by atoms with Crippen molar-refractivity contribution in [1.29, 1.82) is 0 Å². The number of hydrogen-bond donors (Lipinski definition) is 3. The lowest BCUT2D eigenvalue weighted by Crippen LogP contribution is -1.96. The number of benzene rings is 3. The predicted octanol–water partition coefficient (Wildman–Crippen LogP) is 4.90. The van der Waals surface area contributed by atoms with Gasteiger partial charge in [0.15, 0.2) is 0 Å². The molecule has 0 radical (unpaired) electrons. The van der Waals surface area contributed by atoms with Crippen LogP contribution in [0.15, 0.2) is 48.5 Å². The monoisotopic (exact) mass is 307 g/mol. The quantitative estimate of drug-likeness (QED) is 0.468. The van der Waals surface area contributed by atoms with Crippen LogP contribution in [0.1, 0.15) is 24.2 Å². The highest BCUT2D eigenvalue weighted by Gasteiger charge is 2.13. The minimum absolute atomic E-state index is 0.0852. The van der Waals surface area contributed by atoms with E-state index in [4.69, 9.17) is 5.11 Å². The lowest BCUT2D eigenvalue weighted by molar-refractivity contribution is 0.0694. The molecule has 0 unspecified atom stereocenters. The number of nitrogens with one attached hydrogen (secondary N) is 1. The third kappa shape index (κ3) is 2.28. The molecular weight excluding hydrogens is 290 g/mol. The molecule has 4 nitrogen and oxygen atoms in total. The maximum atomic E-state index is 11.1. The van der Waals surface area contributed by atoms with Crippen LogP contribution in [0, 0.1) is 0 Å². The Balaban J connectivity index is 0.000000753. The van der Waals surface area contributed by atoms with Crippen LogP contribution in [0.4, 0.5) is 0 Å². The maximum Gasteiger partial charge on any atom is 0.339 e. The largest absolute Gasteiger partial charge is 0.507 e. The van der Waals surface area contributed by atoms with Gasteiger partial charge in [-0.2, -0.15) is 0 Å². The molecule has 0 aliphatic rings. The van der Waals surface area contributed by atoms with Crippen molar-refractivity contribution in [3.63, 3.8) is 0 Å². The number of carbonyl (C=O) groups is 1. The first-order valence-electron chi connectivity index (χ1n) is 7.54. The van der Waals surface area contributed by atoms with Gasteiger partial charge in [-0.25, -0.2) is 4.79 Å². The first-order valence-corrected chi connectivity index (χ1v) is 7.54. The van der Waals surface area contributed by atoms with Crippen LogP contribution in [-0.2, 0) is 0 Å². The van der Waals surface area contributed by atoms with Gasteiger partial charge in [-0.15, -0.1) is 0 Å². The number of aromatic hydroxyl groups is 1. The third-order valence-corrected chi connectivity index (χ3v) is 3.84. The number of hydrogen-bond acceptors (Lipinski definition) is 2. The maximum absolute atomic E-state index is 11.1. The summed E-state index contributed by atoms with van der Waals surface area (Å²) in [4.78, 5) is 14.4. The average Bonchev–Trinajstić information content (AvgIpc) is 2.95. The molecule has 0 spiro atoms. The van der Waals surface area contributed by atoms with Gasteiger partial charge >= 0.3 is 5.97 Å². The Kier molecular flexibility index (Phi) is 3.66. The molecule has 0 bridgehead atoms. The molecule has 0 saturated heterocycles. The van der Waals surface area contributed by atoms with Gasteiger partial charge in [0.2, 0.25) is 0 Å². The van der Waals surface area contributed by atoms with Gasteiger partial charge < -0.3 is 15.2 Å². The van der Waals surface area contributed by atoms with Crippen molar-refractivity contribution >= 4 is 38.5 Å². The van der Waals surface area contributed by atoms with Crippen molar-refractivity contribution in [2.75, 3.05) is 0 Å². The van der Waals surface area contributed by atoms with Gasteiger partial charge in [-0.3, -0.25) is 0 Å². The van der Waals surface area contributed by atoms with Crippen LogP contribution in [0.5, 0.6) is 5.75 Å². The molecule has 3 N–H and O–H groups in total. The molecule has 4 aromatic rings. The second-order valence-electron chi connectivity index (χ2n) is 5.05. The van der Waals surface area contributed by atoms with E-state index in [9.17, 15) is 9.90 Å². The summed E-state index contributed by atoms with van der Waals surface area (Å²) in [6.45, 7) is 4.00. The molecule has 4 heteroatoms. The number of carboxylic acids is 1. The van der Waals surface area contributed by atoms with E-state index in [0.717, 1.165) is 32.6 Å². The molecule has 23 heavy (non-hydrogen) atoms. The van der Waals surface area contributed by atoms with Gasteiger partial charge in [0, 0.05) is 21.7 Å². The Morgan fingerprint density at radius 3 is 2.43 bits per heavy atom. The Labute approximate surface area is 133 Å². The molecular formula is C19H17NO3. The van der Waals surface area contributed by atoms with E-state index in [2.05, 4.69) is 4.98 Å². The van der Waals surface area contributed by atoms with Crippen LogP contribution in [0.2, 0.25) is 0 Å². The van der Waals surface area contributed by atoms with Crippen LogP contribution in [0.3, 0.4) is 0 Å². The summed E-state index contributed by atoms with van der Waals surface area (Å²) in [7, 11) is 0. The van der Waals surface area contributed by atoms with Gasteiger partial charge in [-0.05, 0) is 23.6 Å². The van der Waals surface area contributed by atoms with Crippen LogP contribution >= 0.6 is 0 Å². The van der Waals surface area contributed by atoms with Crippen LogP contribution in [-0.4, -0.2) is 21.2 Å². The zero-order chi connectivity index (χ0) is 16.6. The number of aromatic nitrogens is 1. The number of rotatable bonds is 1. The molecule has 0 saturated carbocycles. The Morgan fingerprint density at radius 2 is 1.70 bits per heavy atom. The molecule has 0 fully saturated rings. The molecule has 0 atom stereocenters. The fourth-order valence-electron chi connectivity index (χ4n) is 2.85. The number of fused-ring (bicyclic) bond motifs is 5. The van der Waals surface area contributed by atoms with Gasteiger partial charge in [0.25, 0.3) is 0 Å². The Bertz CT molecular complexity index is 1030. The smallest absolute Gasteiger partial charge is 0.339 e. The summed E-state index contributed by atoms with van der Waals surface area (Å²) in [5.41, 5.74) is 1.83. The van der Waals surface area contributed by atoms with Crippen molar-refractivity contribution in [3.8, 4) is 5.75 Å². The topological polar surface area (TPSA) is 73.3 Å². The van der Waals surface area contributed by atoms with Crippen molar-refractivity contribution < 1.29 is 15.0 Å². The fraction of sp³-hybridized carbons (Fsp3) is 0.105. The molecule has 0 aliphatic carbocycles. The van der Waals surface area contributed by atoms with Crippen LogP contribution < -0.4 is 0 Å². The molecule has 0 amide bonds. The number of para-hydroxylation sites is 1. The van der Waals surface area contributed by atoms with Crippen molar-refractivity contribution in [3.05, 3.63) is 54.1 Å². The summed E-state index contributed by atoms with van der Waals surface area (Å²) in [5.74, 6) is -1.35. The average molecular weight is 307 g/mol. The van der Waals surface area contributed by atoms with Gasteiger partial charge in [0.1, 0.15) is 11.3 Å². The van der Waals surface area contributed by atoms with E-state index < -0.39 is 5.97 Å². The van der Waals surface area contributed by atoms with E-state index in [1.54, 1.807) is 0 Å². The highest BCUT2D eigenvalue weighted by Crippen LogP contribution is 2.34. The fourth-order valence-corrected chi connectivity index (χ4v) is 2.85. The molecule has 4 rings (SSSR count). The van der Waals surface area contributed by atoms with Crippen molar-refractivity contribution in [2.45, 2.75) is 13.8 Å². The number of carboxylic acid groups (broad SMARTS) is 1. The molecule has 1 aromatic heterocycles.